The van der Waals surface area contributed by atoms with Crippen molar-refractivity contribution in [2.24, 2.45) is 0 Å². The number of carbonyl (C=O) groups excluding carboxylic acids is 1. The first-order chi connectivity index (χ1) is 15.5. The lowest BCUT2D eigenvalue weighted by atomic mass is 10.2. The quantitative estimate of drug-likeness (QED) is 0.520. The van der Waals surface area contributed by atoms with Gasteiger partial charge >= 0.3 is 0 Å². The zero-order valence-corrected chi connectivity index (χ0v) is 18.5. The van der Waals surface area contributed by atoms with Crippen LogP contribution >= 0.6 is 11.3 Å². The van der Waals surface area contributed by atoms with Crippen LogP contribution in [0.2, 0.25) is 0 Å². The number of methoxy groups -OCH3 is 1. The van der Waals surface area contributed by atoms with Crippen molar-refractivity contribution in [2.45, 2.75) is 13.2 Å². The Kier molecular flexibility index (Phi) is 7.02. The van der Waals surface area contributed by atoms with Gasteiger partial charge in [0.15, 0.2) is 11.6 Å². The minimum Gasteiger partial charge on any atom is -0.497 e. The van der Waals surface area contributed by atoms with E-state index in [-0.39, 0.29) is 18.3 Å². The number of piperazine rings is 1. The van der Waals surface area contributed by atoms with Crippen molar-refractivity contribution in [3.8, 4) is 11.5 Å². The van der Waals surface area contributed by atoms with Gasteiger partial charge in [-0.15, -0.1) is 11.3 Å². The molecule has 0 atom stereocenters. The molecule has 8 heteroatoms. The summed E-state index contributed by atoms with van der Waals surface area (Å²) in [5.41, 5.74) is 1.96. The molecular formula is C24H24F2N2O3S. The fraction of sp³-hybridized carbons (Fsp3) is 0.292. The molecule has 1 aliphatic heterocycles. The second kappa shape index (κ2) is 10.1. The van der Waals surface area contributed by atoms with Gasteiger partial charge in [0.1, 0.15) is 18.2 Å². The smallest absolute Gasteiger partial charge is 0.264 e. The molecule has 1 saturated heterocycles. The number of amides is 1. The normalized spacial score (nSPS) is 14.4. The second-order valence-corrected chi connectivity index (χ2v) is 8.51. The van der Waals surface area contributed by atoms with E-state index in [1.54, 1.807) is 13.2 Å². The lowest BCUT2D eigenvalue weighted by Crippen LogP contribution is -2.48. The Hall–Kier alpha value is -2.97. The molecule has 5 nitrogen and oxygen atoms in total. The fourth-order valence-electron chi connectivity index (χ4n) is 3.61. The van der Waals surface area contributed by atoms with Crippen LogP contribution in [0.3, 0.4) is 0 Å². The van der Waals surface area contributed by atoms with Crippen molar-refractivity contribution >= 4 is 17.2 Å². The highest BCUT2D eigenvalue weighted by molar-refractivity contribution is 7.12. The molecular weight excluding hydrogens is 434 g/mol. The van der Waals surface area contributed by atoms with E-state index in [4.69, 9.17) is 9.47 Å². The lowest BCUT2D eigenvalue weighted by molar-refractivity contribution is 0.0633. The van der Waals surface area contributed by atoms with Crippen molar-refractivity contribution in [3.05, 3.63) is 81.5 Å². The number of nitrogens with zero attached hydrogens (tertiary/aromatic N) is 2. The topological polar surface area (TPSA) is 42.0 Å². The van der Waals surface area contributed by atoms with E-state index in [0.29, 0.717) is 18.0 Å². The largest absolute Gasteiger partial charge is 0.497 e. The SMILES string of the molecule is COc1cccc(CN2CCN(C(=O)c3cc(COc4ccc(F)cc4F)cs3)CC2)c1. The maximum Gasteiger partial charge on any atom is 0.264 e. The van der Waals surface area contributed by atoms with Gasteiger partial charge in [0.05, 0.1) is 12.0 Å². The number of hydrogen-bond donors (Lipinski definition) is 0. The van der Waals surface area contributed by atoms with Crippen LogP contribution in [-0.4, -0.2) is 49.0 Å². The first-order valence-corrected chi connectivity index (χ1v) is 11.2. The van der Waals surface area contributed by atoms with Crippen LogP contribution in [-0.2, 0) is 13.2 Å². The third-order valence-corrected chi connectivity index (χ3v) is 6.32. The highest BCUT2D eigenvalue weighted by atomic mass is 32.1. The Morgan fingerprint density at radius 1 is 1.03 bits per heavy atom. The van der Waals surface area contributed by atoms with E-state index in [0.717, 1.165) is 43.1 Å². The summed E-state index contributed by atoms with van der Waals surface area (Å²) in [5.74, 6) is -0.575. The summed E-state index contributed by atoms with van der Waals surface area (Å²) in [4.78, 5) is 17.7. The van der Waals surface area contributed by atoms with Crippen LogP contribution in [0.25, 0.3) is 0 Å². The lowest BCUT2D eigenvalue weighted by Gasteiger charge is -2.34. The van der Waals surface area contributed by atoms with Crippen molar-refractivity contribution < 1.29 is 23.0 Å². The first kappa shape index (κ1) is 22.2. The molecule has 0 N–H and O–H groups in total. The molecule has 3 aromatic rings. The predicted octanol–water partition coefficient (Wildman–Crippen LogP) is 4.57. The van der Waals surface area contributed by atoms with Gasteiger partial charge in [0, 0.05) is 44.4 Å². The van der Waals surface area contributed by atoms with E-state index < -0.39 is 11.6 Å². The molecule has 1 fully saturated rings. The van der Waals surface area contributed by atoms with E-state index in [1.807, 2.05) is 28.5 Å². The Morgan fingerprint density at radius 2 is 1.84 bits per heavy atom. The molecule has 1 aromatic heterocycles. The van der Waals surface area contributed by atoms with Gasteiger partial charge < -0.3 is 14.4 Å². The maximum atomic E-state index is 13.7. The molecule has 0 radical (unpaired) electrons. The Morgan fingerprint density at radius 3 is 2.59 bits per heavy atom. The van der Waals surface area contributed by atoms with Crippen LogP contribution in [0.1, 0.15) is 20.8 Å². The minimum absolute atomic E-state index is 0.00440. The van der Waals surface area contributed by atoms with Gasteiger partial charge in [-0.25, -0.2) is 8.78 Å². The van der Waals surface area contributed by atoms with Gasteiger partial charge in [-0.05, 0) is 41.3 Å². The molecule has 32 heavy (non-hydrogen) atoms. The summed E-state index contributed by atoms with van der Waals surface area (Å²) in [6.45, 7) is 3.85. The van der Waals surface area contributed by atoms with E-state index >= 15 is 0 Å². The van der Waals surface area contributed by atoms with Crippen LogP contribution in [0.15, 0.2) is 53.9 Å². The Bertz CT molecular complexity index is 1080. The van der Waals surface area contributed by atoms with Crippen LogP contribution in [0.4, 0.5) is 8.78 Å². The summed E-state index contributed by atoms with van der Waals surface area (Å²) >= 11 is 1.35. The standard InChI is InChI=1S/C24H24F2N2O3S/c1-30-20-4-2-3-17(11-20)14-27-7-9-28(10-8-27)24(29)23-12-18(16-32-23)15-31-22-6-5-19(25)13-21(22)26/h2-6,11-13,16H,7-10,14-15H2,1H3. The van der Waals surface area contributed by atoms with Crippen LogP contribution in [0, 0.1) is 11.6 Å². The maximum absolute atomic E-state index is 13.7. The summed E-state index contributed by atoms with van der Waals surface area (Å²) in [6, 6.07) is 13.0. The molecule has 0 unspecified atom stereocenters. The number of ether oxygens (including phenoxy) is 2. The number of halogens is 2. The van der Waals surface area contributed by atoms with E-state index in [9.17, 15) is 13.6 Å². The van der Waals surface area contributed by atoms with Crippen molar-refractivity contribution in [1.29, 1.82) is 0 Å². The van der Waals surface area contributed by atoms with Gasteiger partial charge in [-0.2, -0.15) is 0 Å². The zero-order valence-electron chi connectivity index (χ0n) is 17.7. The number of thiophene rings is 1. The van der Waals surface area contributed by atoms with Crippen molar-refractivity contribution in [2.75, 3.05) is 33.3 Å². The Labute approximate surface area is 189 Å². The number of benzene rings is 2. The molecule has 4 rings (SSSR count). The third-order valence-electron chi connectivity index (χ3n) is 5.35. The van der Waals surface area contributed by atoms with Crippen molar-refractivity contribution in [1.82, 2.24) is 9.80 Å². The average molecular weight is 459 g/mol. The predicted molar refractivity (Wildman–Crippen MR) is 119 cm³/mol. The molecule has 0 saturated carbocycles. The summed E-state index contributed by atoms with van der Waals surface area (Å²) in [5, 5.41) is 1.83. The highest BCUT2D eigenvalue weighted by Crippen LogP contribution is 2.23. The van der Waals surface area contributed by atoms with Gasteiger partial charge in [-0.3, -0.25) is 9.69 Å². The first-order valence-electron chi connectivity index (χ1n) is 10.3. The number of carbonyl (C=O) groups is 1. The molecule has 1 amide bonds. The number of hydrogen-bond acceptors (Lipinski definition) is 5. The van der Waals surface area contributed by atoms with E-state index in [2.05, 4.69) is 11.0 Å². The molecule has 0 bridgehead atoms. The van der Waals surface area contributed by atoms with E-state index in [1.165, 1.54) is 23.0 Å². The third kappa shape index (κ3) is 5.44. The molecule has 2 aromatic carbocycles. The molecule has 2 heterocycles. The minimum atomic E-state index is -0.747. The molecule has 1 aliphatic rings. The van der Waals surface area contributed by atoms with Crippen molar-refractivity contribution in [3.63, 3.8) is 0 Å². The summed E-state index contributed by atoms with van der Waals surface area (Å²) < 4.78 is 37.4. The average Bonchev–Trinajstić information content (AvgIpc) is 3.28. The molecule has 168 valence electrons. The van der Waals surface area contributed by atoms with Crippen LogP contribution < -0.4 is 9.47 Å². The Balaban J connectivity index is 1.28. The molecule has 0 aliphatic carbocycles. The van der Waals surface area contributed by atoms with Gasteiger partial charge in [-0.1, -0.05) is 12.1 Å². The van der Waals surface area contributed by atoms with Crippen LogP contribution in [0.5, 0.6) is 11.5 Å². The van der Waals surface area contributed by atoms with Gasteiger partial charge in [0.25, 0.3) is 5.91 Å². The zero-order chi connectivity index (χ0) is 22.5. The number of rotatable bonds is 7. The van der Waals surface area contributed by atoms with Gasteiger partial charge in [0.2, 0.25) is 0 Å². The summed E-state index contributed by atoms with van der Waals surface area (Å²) in [6.07, 6.45) is 0. The molecule has 0 spiro atoms. The fourth-order valence-corrected chi connectivity index (χ4v) is 4.47. The highest BCUT2D eigenvalue weighted by Gasteiger charge is 2.23. The monoisotopic (exact) mass is 458 g/mol. The summed E-state index contributed by atoms with van der Waals surface area (Å²) in [7, 11) is 1.66. The second-order valence-electron chi connectivity index (χ2n) is 7.60.